The molecule has 7 unspecified atom stereocenters. The Balaban J connectivity index is 2.29. The van der Waals surface area contributed by atoms with Gasteiger partial charge in [0.15, 0.2) is 6.29 Å². The van der Waals surface area contributed by atoms with E-state index < -0.39 is 49.5 Å². The van der Waals surface area contributed by atoms with E-state index >= 15 is 0 Å². The van der Waals surface area contributed by atoms with E-state index in [2.05, 4.69) is 55.6 Å². The van der Waals surface area contributed by atoms with E-state index in [1.807, 2.05) is 6.08 Å². The van der Waals surface area contributed by atoms with Gasteiger partial charge in [-0.3, -0.25) is 4.79 Å². The van der Waals surface area contributed by atoms with Crippen LogP contribution in [0, 0.1) is 0 Å². The van der Waals surface area contributed by atoms with Crippen molar-refractivity contribution < 1.29 is 39.8 Å². The summed E-state index contributed by atoms with van der Waals surface area (Å²) in [7, 11) is 0. The first kappa shape index (κ1) is 59.2. The number of hydrogen-bond donors (Lipinski definition) is 6. The first-order chi connectivity index (χ1) is 30.8. The standard InChI is InChI=1S/C54H99NO8/c1-3-5-7-9-11-13-15-17-19-20-21-22-23-24-25-26-27-28-30-31-33-35-37-39-41-43-48(57)47(46-62-54-53(61)52(60)51(59)49(45-56)63-54)55-50(58)44-42-40-38-36-34-32-29-18-16-14-12-10-8-6-4-2/h12,14,18,29,33,35,41,43,47-49,51-54,56-57,59-61H,3-11,13,15-17,19-28,30-32,34,36-40,42,44-46H2,1-2H3,(H,55,58)/b14-12-,29-18-,35-33+,43-41+. The predicted molar refractivity (Wildman–Crippen MR) is 263 cm³/mol. The van der Waals surface area contributed by atoms with E-state index in [9.17, 15) is 30.3 Å². The molecule has 1 fully saturated rings. The van der Waals surface area contributed by atoms with Gasteiger partial charge in [-0.2, -0.15) is 0 Å². The van der Waals surface area contributed by atoms with Crippen molar-refractivity contribution in [2.24, 2.45) is 0 Å². The molecule has 0 radical (unpaired) electrons. The molecule has 0 saturated carbocycles. The van der Waals surface area contributed by atoms with Gasteiger partial charge in [-0.05, 0) is 64.2 Å². The second-order valence-electron chi connectivity index (χ2n) is 18.3. The number of carbonyl (C=O) groups excluding carboxylic acids is 1. The van der Waals surface area contributed by atoms with E-state index in [0.717, 1.165) is 64.2 Å². The lowest BCUT2D eigenvalue weighted by Crippen LogP contribution is -2.60. The molecule has 0 bridgehead atoms. The fourth-order valence-electron chi connectivity index (χ4n) is 8.14. The van der Waals surface area contributed by atoms with Crippen LogP contribution >= 0.6 is 0 Å². The maximum Gasteiger partial charge on any atom is 0.220 e. The van der Waals surface area contributed by atoms with Crippen molar-refractivity contribution in [2.75, 3.05) is 13.2 Å². The maximum absolute atomic E-state index is 13.0. The third-order valence-electron chi connectivity index (χ3n) is 12.4. The van der Waals surface area contributed by atoms with Crippen LogP contribution in [0.3, 0.4) is 0 Å². The number of aliphatic hydroxyl groups is 5. The smallest absolute Gasteiger partial charge is 0.220 e. The zero-order valence-electron chi connectivity index (χ0n) is 40.6. The van der Waals surface area contributed by atoms with Crippen LogP contribution in [0.15, 0.2) is 48.6 Å². The Labute approximate surface area is 386 Å². The van der Waals surface area contributed by atoms with E-state index in [1.54, 1.807) is 6.08 Å². The fourth-order valence-corrected chi connectivity index (χ4v) is 8.14. The van der Waals surface area contributed by atoms with Gasteiger partial charge < -0.3 is 40.3 Å². The van der Waals surface area contributed by atoms with Crippen LogP contribution in [0.5, 0.6) is 0 Å². The molecule has 0 aliphatic carbocycles. The van der Waals surface area contributed by atoms with Crippen molar-refractivity contribution in [3.05, 3.63) is 48.6 Å². The molecule has 1 aliphatic rings. The van der Waals surface area contributed by atoms with Crippen LogP contribution in [0.2, 0.25) is 0 Å². The molecule has 6 N–H and O–H groups in total. The van der Waals surface area contributed by atoms with Gasteiger partial charge in [0, 0.05) is 6.42 Å². The van der Waals surface area contributed by atoms with Crippen LogP contribution in [-0.4, -0.2) is 87.5 Å². The Bertz CT molecular complexity index is 1130. The summed E-state index contributed by atoms with van der Waals surface area (Å²) in [6.45, 7) is 3.73. The Kier molecular flexibility index (Phi) is 41.3. The van der Waals surface area contributed by atoms with Gasteiger partial charge in [0.05, 0.1) is 25.4 Å². The molecule has 1 heterocycles. The molecule has 9 nitrogen and oxygen atoms in total. The van der Waals surface area contributed by atoms with Crippen LogP contribution in [0.25, 0.3) is 0 Å². The van der Waals surface area contributed by atoms with Crippen molar-refractivity contribution in [2.45, 2.75) is 275 Å². The number of unbranched alkanes of at least 4 members (excludes halogenated alkanes) is 28. The summed E-state index contributed by atoms with van der Waals surface area (Å²) in [6, 6.07) is -0.830. The molecule has 0 aromatic carbocycles. The average Bonchev–Trinajstić information content (AvgIpc) is 3.28. The van der Waals surface area contributed by atoms with E-state index in [4.69, 9.17) is 9.47 Å². The van der Waals surface area contributed by atoms with Gasteiger partial charge in [-0.1, -0.05) is 210 Å². The van der Waals surface area contributed by atoms with Gasteiger partial charge in [0.1, 0.15) is 24.4 Å². The number of aliphatic hydroxyl groups excluding tert-OH is 5. The predicted octanol–water partition coefficient (Wildman–Crippen LogP) is 12.2. The molecule has 9 heteroatoms. The van der Waals surface area contributed by atoms with Gasteiger partial charge in [0.25, 0.3) is 0 Å². The van der Waals surface area contributed by atoms with Gasteiger partial charge in [-0.15, -0.1) is 0 Å². The minimum Gasteiger partial charge on any atom is -0.394 e. The molecule has 63 heavy (non-hydrogen) atoms. The van der Waals surface area contributed by atoms with Crippen LogP contribution in [-0.2, 0) is 14.3 Å². The fraction of sp³-hybridized carbons (Fsp3) is 0.833. The van der Waals surface area contributed by atoms with E-state index in [1.165, 1.54) is 148 Å². The zero-order valence-corrected chi connectivity index (χ0v) is 40.6. The van der Waals surface area contributed by atoms with Crippen molar-refractivity contribution in [3.63, 3.8) is 0 Å². The summed E-state index contributed by atoms with van der Waals surface area (Å²) < 4.78 is 11.2. The molecule has 368 valence electrons. The summed E-state index contributed by atoms with van der Waals surface area (Å²) in [5.74, 6) is -0.201. The van der Waals surface area contributed by atoms with Crippen LogP contribution < -0.4 is 5.32 Å². The second kappa shape index (κ2) is 44.0. The maximum atomic E-state index is 13.0. The highest BCUT2D eigenvalue weighted by atomic mass is 16.7. The lowest BCUT2D eigenvalue weighted by molar-refractivity contribution is -0.302. The van der Waals surface area contributed by atoms with Crippen molar-refractivity contribution >= 4 is 5.91 Å². The number of carbonyl (C=O) groups is 1. The summed E-state index contributed by atoms with van der Waals surface area (Å²) in [5, 5.41) is 54.3. The number of nitrogens with one attached hydrogen (secondary N) is 1. The lowest BCUT2D eigenvalue weighted by atomic mass is 9.99. The second-order valence-corrected chi connectivity index (χ2v) is 18.3. The Morgan fingerprint density at radius 3 is 1.46 bits per heavy atom. The first-order valence-corrected chi connectivity index (χ1v) is 26.4. The Morgan fingerprint density at radius 1 is 0.540 bits per heavy atom. The highest BCUT2D eigenvalue weighted by Crippen LogP contribution is 2.23. The SMILES string of the molecule is CCCCC/C=C\C/C=C\CCCCCCCC(=O)NC(COC1OC(CO)C(O)C(O)C1O)C(O)/C=C/CC/C=C/CCCCCCCCCCCCCCCCCCCCC. The number of amides is 1. The Hall–Kier alpha value is -1.85. The van der Waals surface area contributed by atoms with Gasteiger partial charge in [0.2, 0.25) is 5.91 Å². The molecule has 1 aliphatic heterocycles. The molecular formula is C54H99NO8. The van der Waals surface area contributed by atoms with Crippen molar-refractivity contribution in [3.8, 4) is 0 Å². The molecule has 0 spiro atoms. The summed E-state index contributed by atoms with van der Waals surface area (Å²) >= 11 is 0. The molecule has 1 saturated heterocycles. The number of ether oxygens (including phenoxy) is 2. The summed E-state index contributed by atoms with van der Waals surface area (Å²) in [5.41, 5.74) is 0. The molecule has 0 aromatic rings. The summed E-state index contributed by atoms with van der Waals surface area (Å²) in [4.78, 5) is 13.0. The minimum atomic E-state index is -1.58. The van der Waals surface area contributed by atoms with E-state index in [0.29, 0.717) is 6.42 Å². The van der Waals surface area contributed by atoms with Gasteiger partial charge in [-0.25, -0.2) is 0 Å². The molecule has 7 atom stereocenters. The highest BCUT2D eigenvalue weighted by molar-refractivity contribution is 5.76. The minimum absolute atomic E-state index is 0.201. The number of hydrogen-bond acceptors (Lipinski definition) is 8. The summed E-state index contributed by atoms with van der Waals surface area (Å²) in [6.07, 6.45) is 50.3. The largest absolute Gasteiger partial charge is 0.394 e. The van der Waals surface area contributed by atoms with Crippen LogP contribution in [0.1, 0.15) is 232 Å². The third-order valence-corrected chi connectivity index (χ3v) is 12.4. The first-order valence-electron chi connectivity index (χ1n) is 26.4. The molecule has 0 aromatic heterocycles. The topological polar surface area (TPSA) is 149 Å². The highest BCUT2D eigenvalue weighted by Gasteiger charge is 2.44. The quantitative estimate of drug-likeness (QED) is 0.0262. The normalized spacial score (nSPS) is 20.5. The molecule has 1 rings (SSSR count). The van der Waals surface area contributed by atoms with Crippen LogP contribution in [0.4, 0.5) is 0 Å². The van der Waals surface area contributed by atoms with Crippen molar-refractivity contribution in [1.29, 1.82) is 0 Å². The average molecular weight is 890 g/mol. The van der Waals surface area contributed by atoms with Crippen molar-refractivity contribution in [1.82, 2.24) is 5.32 Å². The molecular weight excluding hydrogens is 791 g/mol. The monoisotopic (exact) mass is 890 g/mol. The van der Waals surface area contributed by atoms with Gasteiger partial charge >= 0.3 is 0 Å². The zero-order chi connectivity index (χ0) is 45.9. The lowest BCUT2D eigenvalue weighted by Gasteiger charge is -2.40. The van der Waals surface area contributed by atoms with E-state index in [-0.39, 0.29) is 12.5 Å². The molecule has 1 amide bonds. The Morgan fingerprint density at radius 2 is 0.952 bits per heavy atom. The number of rotatable bonds is 44. The number of allylic oxidation sites excluding steroid dienone is 7. The third kappa shape index (κ3) is 34.2.